The first-order valence-corrected chi connectivity index (χ1v) is 11.0. The smallest absolute Gasteiger partial charge is 0.267 e. The molecule has 170 valence electrons. The van der Waals surface area contributed by atoms with Crippen LogP contribution in [0.3, 0.4) is 0 Å². The molecule has 0 bridgehead atoms. The molecule has 3 aromatic carbocycles. The van der Waals surface area contributed by atoms with Crippen LogP contribution >= 0.6 is 0 Å². The third-order valence-electron chi connectivity index (χ3n) is 5.80. The number of hydrogen-bond donors (Lipinski definition) is 1. The lowest BCUT2D eigenvalue weighted by atomic mass is 10.1. The number of amides is 2. The van der Waals surface area contributed by atoms with Crippen LogP contribution in [0.2, 0.25) is 0 Å². The van der Waals surface area contributed by atoms with Crippen molar-refractivity contribution in [2.75, 3.05) is 23.4 Å². The predicted molar refractivity (Wildman–Crippen MR) is 129 cm³/mol. The first-order chi connectivity index (χ1) is 15.8. The number of anilines is 2. The number of benzene rings is 3. The van der Waals surface area contributed by atoms with Crippen molar-refractivity contribution in [1.82, 2.24) is 0 Å². The quantitative estimate of drug-likeness (QED) is 0.577. The van der Waals surface area contributed by atoms with Crippen molar-refractivity contribution in [3.8, 4) is 11.5 Å². The zero-order chi connectivity index (χ0) is 23.5. The van der Waals surface area contributed by atoms with Crippen LogP contribution in [0.1, 0.15) is 34.0 Å². The summed E-state index contributed by atoms with van der Waals surface area (Å²) in [4.78, 5) is 27.1. The molecular weight excluding hydrogens is 416 g/mol. The number of carbonyl (C=O) groups excluding carboxylic acids is 2. The molecule has 1 N–H and O–H groups in total. The first kappa shape index (κ1) is 22.4. The topological polar surface area (TPSA) is 67.9 Å². The molecule has 0 aliphatic carbocycles. The third kappa shape index (κ3) is 5.00. The Morgan fingerprint density at radius 1 is 1.00 bits per heavy atom. The number of nitrogens with zero attached hydrogens (tertiary/aromatic N) is 1. The fourth-order valence-electron chi connectivity index (χ4n) is 3.69. The van der Waals surface area contributed by atoms with E-state index in [-0.39, 0.29) is 11.8 Å². The lowest BCUT2D eigenvalue weighted by molar-refractivity contribution is -0.125. The van der Waals surface area contributed by atoms with Gasteiger partial charge in [0.05, 0.1) is 12.2 Å². The van der Waals surface area contributed by atoms with Crippen molar-refractivity contribution in [1.29, 1.82) is 0 Å². The van der Waals surface area contributed by atoms with Crippen LogP contribution in [0, 0.1) is 20.8 Å². The number of nitrogens with one attached hydrogen (secondary N) is 1. The van der Waals surface area contributed by atoms with Crippen molar-refractivity contribution >= 4 is 23.2 Å². The molecule has 3 aromatic rings. The van der Waals surface area contributed by atoms with Gasteiger partial charge in [0.2, 0.25) is 0 Å². The van der Waals surface area contributed by atoms with E-state index >= 15 is 0 Å². The minimum atomic E-state index is -0.623. The highest BCUT2D eigenvalue weighted by Crippen LogP contribution is 2.36. The summed E-state index contributed by atoms with van der Waals surface area (Å²) in [6.45, 7) is 8.48. The Kier molecular flexibility index (Phi) is 6.36. The summed E-state index contributed by atoms with van der Waals surface area (Å²) < 4.78 is 11.6. The number of carbonyl (C=O) groups is 2. The number of ether oxygens (including phenoxy) is 2. The maximum absolute atomic E-state index is 12.8. The van der Waals surface area contributed by atoms with E-state index in [0.29, 0.717) is 35.8 Å². The fraction of sp³-hybridized carbons (Fsp3) is 0.259. The molecule has 1 aliphatic rings. The monoisotopic (exact) mass is 444 g/mol. The summed E-state index contributed by atoms with van der Waals surface area (Å²) >= 11 is 0. The van der Waals surface area contributed by atoms with Crippen molar-refractivity contribution in [2.24, 2.45) is 0 Å². The molecule has 33 heavy (non-hydrogen) atoms. The van der Waals surface area contributed by atoms with Crippen molar-refractivity contribution < 1.29 is 19.1 Å². The van der Waals surface area contributed by atoms with Crippen LogP contribution < -0.4 is 19.7 Å². The van der Waals surface area contributed by atoms with E-state index in [1.165, 1.54) is 0 Å². The molecule has 1 atom stereocenters. The fourth-order valence-corrected chi connectivity index (χ4v) is 3.69. The average molecular weight is 445 g/mol. The molecule has 0 aromatic heterocycles. The van der Waals surface area contributed by atoms with Gasteiger partial charge in [-0.3, -0.25) is 9.59 Å². The number of fused-ring (bicyclic) bond motifs is 1. The van der Waals surface area contributed by atoms with Gasteiger partial charge in [-0.25, -0.2) is 0 Å². The number of aryl methyl sites for hydroxylation is 3. The van der Waals surface area contributed by atoms with Gasteiger partial charge >= 0.3 is 0 Å². The van der Waals surface area contributed by atoms with Crippen molar-refractivity contribution in [3.63, 3.8) is 0 Å². The van der Waals surface area contributed by atoms with E-state index < -0.39 is 6.10 Å². The van der Waals surface area contributed by atoms with E-state index in [0.717, 1.165) is 22.4 Å². The highest BCUT2D eigenvalue weighted by atomic mass is 16.5. The van der Waals surface area contributed by atoms with Gasteiger partial charge in [-0.1, -0.05) is 23.8 Å². The second-order valence-corrected chi connectivity index (χ2v) is 8.35. The Balaban J connectivity index is 1.47. The lowest BCUT2D eigenvalue weighted by Gasteiger charge is -2.33. The first-order valence-electron chi connectivity index (χ1n) is 11.0. The molecular formula is C27H28N2O4. The molecule has 6 nitrogen and oxygen atoms in total. The maximum atomic E-state index is 12.8. The Morgan fingerprint density at radius 3 is 2.48 bits per heavy atom. The third-order valence-corrected chi connectivity index (χ3v) is 5.80. The van der Waals surface area contributed by atoms with Gasteiger partial charge in [0, 0.05) is 17.3 Å². The molecule has 0 spiro atoms. The summed E-state index contributed by atoms with van der Waals surface area (Å²) in [7, 11) is 0. The summed E-state index contributed by atoms with van der Waals surface area (Å²) in [6, 6.07) is 18.7. The van der Waals surface area contributed by atoms with Gasteiger partial charge in [-0.2, -0.15) is 0 Å². The predicted octanol–water partition coefficient (Wildman–Crippen LogP) is 5.06. The van der Waals surface area contributed by atoms with E-state index in [1.54, 1.807) is 30.0 Å². The summed E-state index contributed by atoms with van der Waals surface area (Å²) in [5.74, 6) is 0.998. The molecule has 4 rings (SSSR count). The van der Waals surface area contributed by atoms with Gasteiger partial charge in [0.1, 0.15) is 18.1 Å². The minimum Gasteiger partial charge on any atom is -0.492 e. The normalized spacial score (nSPS) is 15.0. The summed E-state index contributed by atoms with van der Waals surface area (Å²) in [6.07, 6.45) is -0.623. The SMILES string of the molecule is Cc1ccc(OCCN2C(=O)C(C)Oc3cc(NC(=O)c4ccc(C)c(C)c4)ccc32)cc1. The summed E-state index contributed by atoms with van der Waals surface area (Å²) in [5, 5.41) is 2.92. The molecule has 1 aliphatic heterocycles. The largest absolute Gasteiger partial charge is 0.492 e. The van der Waals surface area contributed by atoms with E-state index in [1.807, 2.05) is 63.2 Å². The Morgan fingerprint density at radius 2 is 1.76 bits per heavy atom. The molecule has 0 radical (unpaired) electrons. The second-order valence-electron chi connectivity index (χ2n) is 8.35. The molecule has 0 saturated heterocycles. The van der Waals surface area contributed by atoms with E-state index in [9.17, 15) is 9.59 Å². The Hall–Kier alpha value is -3.80. The highest BCUT2D eigenvalue weighted by molar-refractivity contribution is 6.05. The standard InChI is InChI=1S/C27H28N2O4/c1-17-5-10-23(11-6-17)32-14-13-29-24-12-9-22(16-25(24)33-20(4)27(29)31)28-26(30)21-8-7-18(2)19(3)15-21/h5-12,15-16,20H,13-14H2,1-4H3,(H,28,30). The number of rotatable bonds is 6. The molecule has 2 amide bonds. The molecule has 1 heterocycles. The van der Waals surface area contributed by atoms with Crippen molar-refractivity contribution in [2.45, 2.75) is 33.8 Å². The molecule has 1 unspecified atom stereocenters. The Labute approximate surface area is 194 Å². The Bertz CT molecular complexity index is 1190. The molecule has 6 heteroatoms. The molecule has 0 saturated carbocycles. The van der Waals surface area contributed by atoms with E-state index in [2.05, 4.69) is 5.32 Å². The maximum Gasteiger partial charge on any atom is 0.267 e. The van der Waals surface area contributed by atoms with Crippen molar-refractivity contribution in [3.05, 3.63) is 82.9 Å². The summed E-state index contributed by atoms with van der Waals surface area (Å²) in [5.41, 5.74) is 5.22. The zero-order valence-electron chi connectivity index (χ0n) is 19.3. The molecule has 0 fully saturated rings. The van der Waals surface area contributed by atoms with Crippen LogP contribution in [-0.2, 0) is 4.79 Å². The minimum absolute atomic E-state index is 0.123. The van der Waals surface area contributed by atoms with Crippen LogP contribution in [0.4, 0.5) is 11.4 Å². The highest BCUT2D eigenvalue weighted by Gasteiger charge is 2.31. The van der Waals surface area contributed by atoms with Crippen LogP contribution in [0.15, 0.2) is 60.7 Å². The van der Waals surface area contributed by atoms with E-state index in [4.69, 9.17) is 9.47 Å². The zero-order valence-corrected chi connectivity index (χ0v) is 19.3. The number of hydrogen-bond acceptors (Lipinski definition) is 4. The van der Waals surface area contributed by atoms with Gasteiger partial charge in [-0.05, 0) is 75.2 Å². The van der Waals surface area contributed by atoms with Gasteiger partial charge in [0.25, 0.3) is 11.8 Å². The van der Waals surface area contributed by atoms with Gasteiger partial charge in [-0.15, -0.1) is 0 Å². The van der Waals surface area contributed by atoms with Crippen LogP contribution in [0.25, 0.3) is 0 Å². The van der Waals surface area contributed by atoms with Crippen LogP contribution in [0.5, 0.6) is 11.5 Å². The van der Waals surface area contributed by atoms with Crippen LogP contribution in [-0.4, -0.2) is 31.1 Å². The van der Waals surface area contributed by atoms with Gasteiger partial charge < -0.3 is 19.7 Å². The van der Waals surface area contributed by atoms with Gasteiger partial charge in [0.15, 0.2) is 6.10 Å². The second kappa shape index (κ2) is 9.36. The lowest BCUT2D eigenvalue weighted by Crippen LogP contribution is -2.46. The average Bonchev–Trinajstić information content (AvgIpc) is 2.79.